The Morgan fingerprint density at radius 1 is 1.12 bits per heavy atom. The monoisotopic (exact) mass is 343 g/mol. The van der Waals surface area contributed by atoms with Crippen molar-refractivity contribution in [1.82, 2.24) is 9.97 Å². The average molecular weight is 344 g/mol. The molecule has 0 spiro atoms. The van der Waals surface area contributed by atoms with Crippen LogP contribution in [0.5, 0.6) is 11.8 Å². The van der Waals surface area contributed by atoms with E-state index in [1.54, 1.807) is 25.3 Å². The Balaban J connectivity index is 2.08. The first kappa shape index (κ1) is 16.0. The van der Waals surface area contributed by atoms with Gasteiger partial charge in [0.2, 0.25) is 0 Å². The molecule has 0 fully saturated rings. The molecular weight excluding hydrogens is 330 g/mol. The molecule has 3 aromatic rings. The molecule has 1 aromatic heterocycles. The second kappa shape index (κ2) is 6.72. The number of hydrogen-bond donors (Lipinski definition) is 1. The lowest BCUT2D eigenvalue weighted by molar-refractivity contribution is -0.132. The maximum Gasteiger partial charge on any atom is 0.326 e. The number of fused-ring (bicyclic) bond motifs is 1. The van der Waals surface area contributed by atoms with Crippen molar-refractivity contribution in [2.45, 2.75) is 6.92 Å². The first-order chi connectivity index (χ1) is 11.5. The Morgan fingerprint density at radius 3 is 2.54 bits per heavy atom. The standard InChI is InChI=1S/C17H14ClN3O3/c1-10(22)24-17-20-15-9-13(23-2)7-8-14(15)16(21-17)19-12-5-3-11(18)4-6-12/h3-9H,1-2H3,(H,19,20,21). The third-order valence-electron chi connectivity index (χ3n) is 3.23. The van der Waals surface area contributed by atoms with E-state index in [2.05, 4.69) is 15.3 Å². The van der Waals surface area contributed by atoms with E-state index < -0.39 is 5.97 Å². The van der Waals surface area contributed by atoms with E-state index in [1.165, 1.54) is 6.92 Å². The van der Waals surface area contributed by atoms with Gasteiger partial charge in [-0.1, -0.05) is 11.6 Å². The zero-order valence-corrected chi connectivity index (χ0v) is 13.8. The first-order valence-electron chi connectivity index (χ1n) is 7.12. The smallest absolute Gasteiger partial charge is 0.326 e. The van der Waals surface area contributed by atoms with Crippen LogP contribution in [0.3, 0.4) is 0 Å². The molecule has 7 heteroatoms. The number of esters is 1. The molecular formula is C17H14ClN3O3. The van der Waals surface area contributed by atoms with Crippen LogP contribution in [-0.2, 0) is 4.79 Å². The highest BCUT2D eigenvalue weighted by molar-refractivity contribution is 6.30. The van der Waals surface area contributed by atoms with Crippen LogP contribution in [-0.4, -0.2) is 23.0 Å². The number of anilines is 2. The molecule has 3 rings (SSSR count). The third-order valence-corrected chi connectivity index (χ3v) is 3.48. The second-order valence-electron chi connectivity index (χ2n) is 4.96. The molecule has 0 radical (unpaired) electrons. The molecule has 122 valence electrons. The van der Waals surface area contributed by atoms with Crippen LogP contribution < -0.4 is 14.8 Å². The summed E-state index contributed by atoms with van der Waals surface area (Å²) in [5, 5.41) is 4.59. The molecule has 0 bridgehead atoms. The quantitative estimate of drug-likeness (QED) is 0.723. The highest BCUT2D eigenvalue weighted by Gasteiger charge is 2.11. The summed E-state index contributed by atoms with van der Waals surface area (Å²) in [6, 6.07) is 12.5. The minimum absolute atomic E-state index is 0.0280. The van der Waals surface area contributed by atoms with Crippen LogP contribution in [0.15, 0.2) is 42.5 Å². The van der Waals surface area contributed by atoms with E-state index in [-0.39, 0.29) is 6.01 Å². The van der Waals surface area contributed by atoms with Gasteiger partial charge < -0.3 is 14.8 Å². The van der Waals surface area contributed by atoms with Gasteiger partial charge in [0, 0.05) is 29.1 Å². The Kier molecular flexibility index (Phi) is 4.48. The van der Waals surface area contributed by atoms with E-state index in [0.29, 0.717) is 22.1 Å². The number of carbonyl (C=O) groups is 1. The Morgan fingerprint density at radius 2 is 1.88 bits per heavy atom. The van der Waals surface area contributed by atoms with Crippen LogP contribution in [0.1, 0.15) is 6.92 Å². The van der Waals surface area contributed by atoms with E-state index in [1.807, 2.05) is 24.3 Å². The zero-order valence-electron chi connectivity index (χ0n) is 13.0. The van der Waals surface area contributed by atoms with Crippen LogP contribution >= 0.6 is 11.6 Å². The van der Waals surface area contributed by atoms with Gasteiger partial charge in [0.25, 0.3) is 0 Å². The number of ether oxygens (including phenoxy) is 2. The number of carbonyl (C=O) groups excluding carboxylic acids is 1. The van der Waals surface area contributed by atoms with Crippen LogP contribution in [0.25, 0.3) is 10.9 Å². The lowest BCUT2D eigenvalue weighted by atomic mass is 10.2. The van der Waals surface area contributed by atoms with Crippen molar-refractivity contribution in [2.24, 2.45) is 0 Å². The van der Waals surface area contributed by atoms with Crippen molar-refractivity contribution in [3.63, 3.8) is 0 Å². The lowest BCUT2D eigenvalue weighted by Gasteiger charge is -2.11. The summed E-state index contributed by atoms with van der Waals surface area (Å²) in [6.45, 7) is 1.30. The second-order valence-corrected chi connectivity index (χ2v) is 5.40. The van der Waals surface area contributed by atoms with Gasteiger partial charge >= 0.3 is 12.0 Å². The highest BCUT2D eigenvalue weighted by atomic mass is 35.5. The molecule has 2 aromatic carbocycles. The zero-order chi connectivity index (χ0) is 17.1. The van der Waals surface area contributed by atoms with E-state index in [4.69, 9.17) is 21.1 Å². The predicted octanol–water partition coefficient (Wildman–Crippen LogP) is 3.96. The Labute approximate surface area is 143 Å². The van der Waals surface area contributed by atoms with Gasteiger partial charge in [-0.3, -0.25) is 4.79 Å². The largest absolute Gasteiger partial charge is 0.497 e. The van der Waals surface area contributed by atoms with Crippen LogP contribution in [0.4, 0.5) is 11.5 Å². The molecule has 0 aliphatic carbocycles. The van der Waals surface area contributed by atoms with Gasteiger partial charge in [0.15, 0.2) is 0 Å². The summed E-state index contributed by atoms with van der Waals surface area (Å²) in [4.78, 5) is 19.7. The number of nitrogens with zero attached hydrogens (tertiary/aromatic N) is 2. The Hall–Kier alpha value is -2.86. The van der Waals surface area contributed by atoms with Crippen molar-refractivity contribution < 1.29 is 14.3 Å². The summed E-state index contributed by atoms with van der Waals surface area (Å²) in [6.07, 6.45) is 0. The van der Waals surface area contributed by atoms with Crippen molar-refractivity contribution >= 4 is 40.0 Å². The topological polar surface area (TPSA) is 73.3 Å². The van der Waals surface area contributed by atoms with Gasteiger partial charge in [-0.2, -0.15) is 9.97 Å². The number of benzene rings is 2. The van der Waals surface area contributed by atoms with E-state index >= 15 is 0 Å². The molecule has 1 heterocycles. The maximum atomic E-state index is 11.2. The molecule has 0 atom stereocenters. The fourth-order valence-corrected chi connectivity index (χ4v) is 2.28. The van der Waals surface area contributed by atoms with Crippen molar-refractivity contribution in [2.75, 3.05) is 12.4 Å². The summed E-state index contributed by atoms with van der Waals surface area (Å²) in [5.41, 5.74) is 1.39. The fraction of sp³-hybridized carbons (Fsp3) is 0.118. The third kappa shape index (κ3) is 3.55. The normalized spacial score (nSPS) is 10.5. The van der Waals surface area contributed by atoms with E-state index in [9.17, 15) is 4.79 Å². The number of halogens is 1. The lowest BCUT2D eigenvalue weighted by Crippen LogP contribution is -2.07. The number of aromatic nitrogens is 2. The molecule has 0 aliphatic rings. The Bertz CT molecular complexity index is 897. The highest BCUT2D eigenvalue weighted by Crippen LogP contribution is 2.29. The van der Waals surface area contributed by atoms with Gasteiger partial charge in [-0.25, -0.2) is 0 Å². The molecule has 0 amide bonds. The van der Waals surface area contributed by atoms with Gasteiger partial charge in [-0.15, -0.1) is 0 Å². The van der Waals surface area contributed by atoms with Crippen LogP contribution in [0, 0.1) is 0 Å². The molecule has 6 nitrogen and oxygen atoms in total. The fourth-order valence-electron chi connectivity index (χ4n) is 2.15. The van der Waals surface area contributed by atoms with Gasteiger partial charge in [-0.05, 0) is 36.4 Å². The predicted molar refractivity (Wildman–Crippen MR) is 92.1 cm³/mol. The summed E-state index contributed by atoms with van der Waals surface area (Å²) in [7, 11) is 1.57. The average Bonchev–Trinajstić information content (AvgIpc) is 2.55. The van der Waals surface area contributed by atoms with Crippen molar-refractivity contribution in [3.8, 4) is 11.8 Å². The number of hydrogen-bond acceptors (Lipinski definition) is 6. The molecule has 1 N–H and O–H groups in total. The van der Waals surface area contributed by atoms with Crippen molar-refractivity contribution in [1.29, 1.82) is 0 Å². The number of rotatable bonds is 4. The first-order valence-corrected chi connectivity index (χ1v) is 7.50. The molecule has 0 unspecified atom stereocenters. The molecule has 0 saturated carbocycles. The van der Waals surface area contributed by atoms with Gasteiger partial charge in [0.05, 0.1) is 12.6 Å². The summed E-state index contributed by atoms with van der Waals surface area (Å²) >= 11 is 5.90. The molecule has 0 saturated heterocycles. The summed E-state index contributed by atoms with van der Waals surface area (Å²) < 4.78 is 10.2. The molecule has 0 aliphatic heterocycles. The van der Waals surface area contributed by atoms with E-state index in [0.717, 1.165) is 11.1 Å². The number of nitrogens with one attached hydrogen (secondary N) is 1. The summed E-state index contributed by atoms with van der Waals surface area (Å²) in [5.74, 6) is 0.670. The minimum atomic E-state index is -0.491. The maximum absolute atomic E-state index is 11.2. The van der Waals surface area contributed by atoms with Crippen LogP contribution in [0.2, 0.25) is 5.02 Å². The SMILES string of the molecule is COc1ccc2c(Nc3ccc(Cl)cc3)nc(OC(C)=O)nc2c1. The van der Waals surface area contributed by atoms with Gasteiger partial charge in [0.1, 0.15) is 11.6 Å². The number of methoxy groups -OCH3 is 1. The molecule has 24 heavy (non-hydrogen) atoms. The minimum Gasteiger partial charge on any atom is -0.497 e. The van der Waals surface area contributed by atoms with Crippen molar-refractivity contribution in [3.05, 3.63) is 47.5 Å².